The van der Waals surface area contributed by atoms with Crippen LogP contribution in [0.15, 0.2) is 54.6 Å². The molecule has 3 rings (SSSR count). The fourth-order valence-electron chi connectivity index (χ4n) is 3.70. The maximum Gasteiger partial charge on any atom is 0.222 e. The standard InChI is InChI=1S/C23H29N3O2/c1-18(27)25-22(19-9-3-2-4-10-19)15-23(28)24-16-20-11-5-6-12-21(20)17-26-13-7-8-14-26/h2-6,9-12,22H,7-8,13-17H2,1H3,(H,24,28)(H,25,27). The Bertz CT molecular complexity index is 785. The Morgan fingerprint density at radius 3 is 2.29 bits per heavy atom. The molecule has 5 heteroatoms. The van der Waals surface area contributed by atoms with Crippen LogP contribution in [0.1, 0.15) is 48.9 Å². The first-order valence-electron chi connectivity index (χ1n) is 9.99. The van der Waals surface area contributed by atoms with Gasteiger partial charge in [-0.1, -0.05) is 54.6 Å². The number of amides is 2. The van der Waals surface area contributed by atoms with E-state index in [1.165, 1.54) is 25.3 Å². The third-order valence-corrected chi connectivity index (χ3v) is 5.16. The molecule has 1 atom stereocenters. The van der Waals surface area contributed by atoms with Crippen LogP contribution < -0.4 is 10.6 Å². The minimum atomic E-state index is -0.321. The van der Waals surface area contributed by atoms with E-state index in [0.717, 1.165) is 30.8 Å². The first-order chi connectivity index (χ1) is 13.6. The summed E-state index contributed by atoms with van der Waals surface area (Å²) in [7, 11) is 0. The Hall–Kier alpha value is -2.66. The van der Waals surface area contributed by atoms with Crippen LogP contribution in [0.2, 0.25) is 0 Å². The van der Waals surface area contributed by atoms with Gasteiger partial charge < -0.3 is 10.6 Å². The Morgan fingerprint density at radius 1 is 0.964 bits per heavy atom. The zero-order chi connectivity index (χ0) is 19.8. The molecule has 0 aliphatic carbocycles. The van der Waals surface area contributed by atoms with E-state index in [9.17, 15) is 9.59 Å². The van der Waals surface area contributed by atoms with Gasteiger partial charge in [0.2, 0.25) is 11.8 Å². The predicted molar refractivity (Wildman–Crippen MR) is 110 cm³/mol. The zero-order valence-electron chi connectivity index (χ0n) is 16.5. The quantitative estimate of drug-likeness (QED) is 0.741. The molecule has 1 fully saturated rings. The van der Waals surface area contributed by atoms with Crippen molar-refractivity contribution < 1.29 is 9.59 Å². The van der Waals surface area contributed by atoms with Crippen molar-refractivity contribution in [2.45, 2.75) is 45.3 Å². The van der Waals surface area contributed by atoms with E-state index in [1.54, 1.807) is 0 Å². The second-order valence-electron chi connectivity index (χ2n) is 7.40. The number of hydrogen-bond donors (Lipinski definition) is 2. The normalized spacial score (nSPS) is 15.2. The SMILES string of the molecule is CC(=O)NC(CC(=O)NCc1ccccc1CN1CCCC1)c1ccccc1. The van der Waals surface area contributed by atoms with Crippen molar-refractivity contribution in [2.75, 3.05) is 13.1 Å². The molecule has 0 radical (unpaired) electrons. The van der Waals surface area contributed by atoms with Crippen LogP contribution in [-0.4, -0.2) is 29.8 Å². The van der Waals surface area contributed by atoms with Gasteiger partial charge in [-0.3, -0.25) is 14.5 Å². The molecular weight excluding hydrogens is 350 g/mol. The molecule has 148 valence electrons. The Labute approximate surface area is 167 Å². The molecular formula is C23H29N3O2. The second kappa shape index (κ2) is 10.0. The van der Waals surface area contributed by atoms with E-state index >= 15 is 0 Å². The van der Waals surface area contributed by atoms with Gasteiger partial charge in [0.05, 0.1) is 12.5 Å². The fraction of sp³-hybridized carbons (Fsp3) is 0.391. The predicted octanol–water partition coefficient (Wildman–Crippen LogP) is 3.17. The number of hydrogen-bond acceptors (Lipinski definition) is 3. The molecule has 28 heavy (non-hydrogen) atoms. The molecule has 2 aromatic rings. The average molecular weight is 380 g/mol. The summed E-state index contributed by atoms with van der Waals surface area (Å²) in [6.07, 6.45) is 2.75. The molecule has 0 saturated carbocycles. The second-order valence-corrected chi connectivity index (χ2v) is 7.40. The van der Waals surface area contributed by atoms with Crippen molar-refractivity contribution in [3.8, 4) is 0 Å². The lowest BCUT2D eigenvalue weighted by Gasteiger charge is -2.19. The van der Waals surface area contributed by atoms with Crippen LogP contribution in [0.5, 0.6) is 0 Å². The van der Waals surface area contributed by atoms with Gasteiger partial charge in [0.1, 0.15) is 0 Å². The van der Waals surface area contributed by atoms with Gasteiger partial charge in [-0.05, 0) is 42.6 Å². The molecule has 2 amide bonds. The van der Waals surface area contributed by atoms with Crippen LogP contribution in [0, 0.1) is 0 Å². The first-order valence-corrected chi connectivity index (χ1v) is 9.99. The lowest BCUT2D eigenvalue weighted by Crippen LogP contribution is -2.32. The minimum absolute atomic E-state index is 0.0708. The maximum absolute atomic E-state index is 12.6. The summed E-state index contributed by atoms with van der Waals surface area (Å²) in [5, 5.41) is 5.91. The molecule has 1 heterocycles. The summed E-state index contributed by atoms with van der Waals surface area (Å²) in [5.41, 5.74) is 3.35. The van der Waals surface area contributed by atoms with E-state index in [0.29, 0.717) is 6.54 Å². The lowest BCUT2D eigenvalue weighted by molar-refractivity contribution is -0.122. The average Bonchev–Trinajstić information content (AvgIpc) is 3.20. The van der Waals surface area contributed by atoms with Gasteiger partial charge in [0.25, 0.3) is 0 Å². The number of carbonyl (C=O) groups excluding carboxylic acids is 2. The monoisotopic (exact) mass is 379 g/mol. The van der Waals surface area contributed by atoms with Crippen molar-refractivity contribution in [2.24, 2.45) is 0 Å². The van der Waals surface area contributed by atoms with Crippen LogP contribution in [0.3, 0.4) is 0 Å². The summed E-state index contributed by atoms with van der Waals surface area (Å²) < 4.78 is 0. The van der Waals surface area contributed by atoms with Gasteiger partial charge in [0, 0.05) is 20.0 Å². The van der Waals surface area contributed by atoms with Gasteiger partial charge in [-0.2, -0.15) is 0 Å². The van der Waals surface area contributed by atoms with Crippen LogP contribution >= 0.6 is 0 Å². The van der Waals surface area contributed by atoms with E-state index in [1.807, 2.05) is 36.4 Å². The topological polar surface area (TPSA) is 61.4 Å². The number of nitrogens with zero attached hydrogens (tertiary/aromatic N) is 1. The smallest absolute Gasteiger partial charge is 0.222 e. The molecule has 2 N–H and O–H groups in total. The Kier molecular flexibility index (Phi) is 7.20. The third-order valence-electron chi connectivity index (χ3n) is 5.16. The molecule has 0 aromatic heterocycles. The molecule has 2 aromatic carbocycles. The highest BCUT2D eigenvalue weighted by molar-refractivity contribution is 5.79. The van der Waals surface area contributed by atoms with E-state index in [2.05, 4.69) is 33.7 Å². The highest BCUT2D eigenvalue weighted by Gasteiger charge is 2.18. The van der Waals surface area contributed by atoms with Crippen molar-refractivity contribution in [1.29, 1.82) is 0 Å². The van der Waals surface area contributed by atoms with Gasteiger partial charge in [0.15, 0.2) is 0 Å². The van der Waals surface area contributed by atoms with E-state index in [4.69, 9.17) is 0 Å². The van der Waals surface area contributed by atoms with Crippen LogP contribution in [0.25, 0.3) is 0 Å². The molecule has 1 aliphatic rings. The largest absolute Gasteiger partial charge is 0.352 e. The molecule has 0 bridgehead atoms. The summed E-state index contributed by atoms with van der Waals surface area (Å²) in [4.78, 5) is 26.6. The fourth-order valence-corrected chi connectivity index (χ4v) is 3.70. The first kappa shape index (κ1) is 20.1. The maximum atomic E-state index is 12.6. The van der Waals surface area contributed by atoms with Gasteiger partial charge in [-0.15, -0.1) is 0 Å². The van der Waals surface area contributed by atoms with Crippen molar-refractivity contribution in [3.63, 3.8) is 0 Å². The number of nitrogens with one attached hydrogen (secondary N) is 2. The number of rotatable bonds is 8. The van der Waals surface area contributed by atoms with E-state index in [-0.39, 0.29) is 24.3 Å². The number of carbonyl (C=O) groups is 2. The summed E-state index contributed by atoms with van der Waals surface area (Å²) >= 11 is 0. The molecule has 1 unspecified atom stereocenters. The summed E-state index contributed by atoms with van der Waals surface area (Å²) in [6, 6.07) is 17.6. The van der Waals surface area contributed by atoms with Crippen LogP contribution in [-0.2, 0) is 22.7 Å². The van der Waals surface area contributed by atoms with Crippen molar-refractivity contribution in [3.05, 3.63) is 71.3 Å². The molecule has 1 aliphatic heterocycles. The molecule has 5 nitrogen and oxygen atoms in total. The lowest BCUT2D eigenvalue weighted by atomic mass is 10.0. The highest BCUT2D eigenvalue weighted by Crippen LogP contribution is 2.18. The van der Waals surface area contributed by atoms with Gasteiger partial charge >= 0.3 is 0 Å². The zero-order valence-corrected chi connectivity index (χ0v) is 16.5. The number of likely N-dealkylation sites (tertiary alicyclic amines) is 1. The summed E-state index contributed by atoms with van der Waals surface area (Å²) in [5.74, 6) is -0.212. The number of benzene rings is 2. The summed E-state index contributed by atoms with van der Waals surface area (Å²) in [6.45, 7) is 5.21. The molecule has 1 saturated heterocycles. The molecule has 0 spiro atoms. The Morgan fingerprint density at radius 2 is 1.61 bits per heavy atom. The third kappa shape index (κ3) is 5.92. The van der Waals surface area contributed by atoms with Gasteiger partial charge in [-0.25, -0.2) is 0 Å². The highest BCUT2D eigenvalue weighted by atomic mass is 16.2. The van der Waals surface area contributed by atoms with Crippen molar-refractivity contribution in [1.82, 2.24) is 15.5 Å². The van der Waals surface area contributed by atoms with Crippen molar-refractivity contribution >= 4 is 11.8 Å². The van der Waals surface area contributed by atoms with E-state index < -0.39 is 0 Å². The van der Waals surface area contributed by atoms with Crippen LogP contribution in [0.4, 0.5) is 0 Å². The Balaban J connectivity index is 1.59. The minimum Gasteiger partial charge on any atom is -0.352 e.